The third kappa shape index (κ3) is 6.30. The first-order chi connectivity index (χ1) is 21.4. The molecule has 9 nitrogen and oxygen atoms in total. The van der Waals surface area contributed by atoms with Crippen LogP contribution in [0.3, 0.4) is 0 Å². The van der Waals surface area contributed by atoms with Gasteiger partial charge >= 0.3 is 17.9 Å². The maximum absolute atomic E-state index is 14.0. The first-order valence-electron chi connectivity index (χ1n) is 14.0. The summed E-state index contributed by atoms with van der Waals surface area (Å²) in [6.45, 7) is 11.3. The van der Waals surface area contributed by atoms with Crippen molar-refractivity contribution in [2.24, 2.45) is 0 Å². The van der Waals surface area contributed by atoms with Crippen LogP contribution >= 0.6 is 0 Å². The Morgan fingerprint density at radius 1 is 1.02 bits per heavy atom. The Kier molecular flexibility index (Phi) is 8.48. The van der Waals surface area contributed by atoms with Crippen LogP contribution < -0.4 is 11.0 Å². The summed E-state index contributed by atoms with van der Waals surface area (Å²) in [5.74, 6) is 0. The van der Waals surface area contributed by atoms with E-state index in [-0.39, 0.29) is 17.1 Å². The Morgan fingerprint density at radius 2 is 1.71 bits per heavy atom. The molecule has 45 heavy (non-hydrogen) atoms. The van der Waals surface area contributed by atoms with Gasteiger partial charge in [0.05, 0.1) is 47.1 Å². The van der Waals surface area contributed by atoms with Crippen LogP contribution in [-0.4, -0.2) is 43.9 Å². The van der Waals surface area contributed by atoms with Crippen molar-refractivity contribution in [1.29, 1.82) is 0 Å². The molecule has 3 aromatic carbocycles. The highest BCUT2D eigenvalue weighted by Gasteiger charge is 2.32. The molecule has 0 aliphatic carbocycles. The Morgan fingerprint density at radius 3 is 2.33 bits per heavy atom. The number of carbonyl (C=O) groups excluding carboxylic acids is 1. The molecule has 0 saturated heterocycles. The van der Waals surface area contributed by atoms with Crippen molar-refractivity contribution in [1.82, 2.24) is 29.1 Å². The van der Waals surface area contributed by atoms with E-state index in [2.05, 4.69) is 15.3 Å². The molecule has 1 N–H and O–H groups in total. The van der Waals surface area contributed by atoms with Crippen molar-refractivity contribution < 1.29 is 18.0 Å². The first-order valence-corrected chi connectivity index (χ1v) is 14.0. The van der Waals surface area contributed by atoms with Gasteiger partial charge in [-0.2, -0.15) is 18.3 Å². The monoisotopic (exact) mass is 613 g/mol. The lowest BCUT2D eigenvalue weighted by molar-refractivity contribution is -0.137. The molecular formula is C33H30F3N7O2. The van der Waals surface area contributed by atoms with E-state index < -0.39 is 29.5 Å². The maximum atomic E-state index is 14.0. The van der Waals surface area contributed by atoms with Gasteiger partial charge in [-0.05, 0) is 75.5 Å². The lowest BCUT2D eigenvalue weighted by Gasteiger charge is -2.17. The first kappa shape index (κ1) is 31.0. The number of amides is 1. The van der Waals surface area contributed by atoms with Crippen LogP contribution in [-0.2, 0) is 12.7 Å². The molecule has 2 heterocycles. The lowest BCUT2D eigenvalue weighted by atomic mass is 10.1. The van der Waals surface area contributed by atoms with E-state index in [4.69, 9.17) is 6.57 Å². The standard InChI is InChI=1S/C33H30F3N7O2/c1-21(24-11-9-23(10-12-24)20-40(4)5)39-31(44)42-30(29-17-18-38-43(29)27-15-13-26(37-3)14-16-27)22(2)41(32(42)45)28-8-6-7-25(19-28)33(34,35)36/h6-19,21H,20H2,1-2,4-5H3,(H,39,44)/t21-/m0/s1. The summed E-state index contributed by atoms with van der Waals surface area (Å²) < 4.78 is 44.4. The summed E-state index contributed by atoms with van der Waals surface area (Å²) in [5.41, 5.74) is 1.78. The number of nitrogens with zero attached hydrogens (tertiary/aromatic N) is 6. The molecule has 1 atom stereocenters. The Bertz CT molecular complexity index is 1940. The number of hydrogen-bond donors (Lipinski definition) is 1. The summed E-state index contributed by atoms with van der Waals surface area (Å²) in [7, 11) is 3.93. The van der Waals surface area contributed by atoms with Crippen LogP contribution in [0.15, 0.2) is 89.9 Å². The molecule has 0 spiro atoms. The summed E-state index contributed by atoms with van der Waals surface area (Å²) in [6, 6.07) is 19.0. The third-order valence-electron chi connectivity index (χ3n) is 7.35. The molecule has 0 radical (unpaired) electrons. The normalized spacial score (nSPS) is 12.2. The van der Waals surface area contributed by atoms with Gasteiger partial charge in [-0.15, -0.1) is 0 Å². The van der Waals surface area contributed by atoms with Crippen molar-refractivity contribution >= 4 is 11.7 Å². The van der Waals surface area contributed by atoms with Crippen molar-refractivity contribution in [3.63, 3.8) is 0 Å². The molecule has 2 aromatic heterocycles. The molecule has 12 heteroatoms. The maximum Gasteiger partial charge on any atom is 0.416 e. The largest absolute Gasteiger partial charge is 0.416 e. The number of benzene rings is 3. The van der Waals surface area contributed by atoms with Crippen LogP contribution in [0.25, 0.3) is 27.6 Å². The van der Waals surface area contributed by atoms with Gasteiger partial charge in [-0.25, -0.2) is 23.7 Å². The summed E-state index contributed by atoms with van der Waals surface area (Å²) >= 11 is 0. The van der Waals surface area contributed by atoms with Crippen LogP contribution in [0.1, 0.15) is 35.3 Å². The minimum absolute atomic E-state index is 0.0443. The Hall–Kier alpha value is -5.41. The molecule has 230 valence electrons. The second-order valence-corrected chi connectivity index (χ2v) is 10.8. The Labute approximate surface area is 257 Å². The number of rotatable bonds is 7. The summed E-state index contributed by atoms with van der Waals surface area (Å²) in [4.78, 5) is 33.4. The molecule has 0 aliphatic rings. The highest BCUT2D eigenvalue weighted by atomic mass is 19.4. The number of carbonyl (C=O) groups is 1. The van der Waals surface area contributed by atoms with Crippen LogP contribution in [0.4, 0.5) is 23.7 Å². The molecule has 0 saturated carbocycles. The predicted molar refractivity (Wildman–Crippen MR) is 165 cm³/mol. The van der Waals surface area contributed by atoms with E-state index in [0.717, 1.165) is 38.9 Å². The molecule has 0 unspecified atom stereocenters. The van der Waals surface area contributed by atoms with Gasteiger partial charge in [-0.3, -0.25) is 4.57 Å². The minimum atomic E-state index is -4.63. The van der Waals surface area contributed by atoms with Gasteiger partial charge in [0.2, 0.25) is 0 Å². The van der Waals surface area contributed by atoms with Crippen molar-refractivity contribution in [3.8, 4) is 22.8 Å². The number of nitrogens with one attached hydrogen (secondary N) is 1. The van der Waals surface area contributed by atoms with Gasteiger partial charge in [0.1, 0.15) is 5.69 Å². The van der Waals surface area contributed by atoms with E-state index in [1.807, 2.05) is 43.3 Å². The fourth-order valence-corrected chi connectivity index (χ4v) is 5.19. The van der Waals surface area contributed by atoms with E-state index in [0.29, 0.717) is 17.1 Å². The molecule has 0 bridgehead atoms. The minimum Gasteiger partial charge on any atom is -0.331 e. The smallest absolute Gasteiger partial charge is 0.331 e. The zero-order chi connectivity index (χ0) is 32.5. The highest BCUT2D eigenvalue weighted by Crippen LogP contribution is 2.32. The van der Waals surface area contributed by atoms with Crippen LogP contribution in [0.5, 0.6) is 0 Å². The second-order valence-electron chi connectivity index (χ2n) is 10.8. The van der Waals surface area contributed by atoms with Crippen molar-refractivity contribution in [3.05, 3.63) is 129 Å². The predicted octanol–water partition coefficient (Wildman–Crippen LogP) is 6.75. The van der Waals surface area contributed by atoms with Crippen LogP contribution in [0, 0.1) is 13.5 Å². The molecule has 0 aliphatic heterocycles. The van der Waals surface area contributed by atoms with Gasteiger partial charge in [0.15, 0.2) is 5.69 Å². The molecule has 5 aromatic rings. The Balaban J connectivity index is 1.63. The topological polar surface area (TPSA) is 81.5 Å². The fraction of sp³-hybridized carbons (Fsp3) is 0.212. The van der Waals surface area contributed by atoms with E-state index in [1.165, 1.54) is 23.0 Å². The highest BCUT2D eigenvalue weighted by molar-refractivity contribution is 5.83. The van der Waals surface area contributed by atoms with Gasteiger partial charge in [0.25, 0.3) is 0 Å². The number of halogens is 3. The van der Waals surface area contributed by atoms with E-state index in [1.54, 1.807) is 44.2 Å². The van der Waals surface area contributed by atoms with Gasteiger partial charge in [0, 0.05) is 6.54 Å². The third-order valence-corrected chi connectivity index (χ3v) is 7.35. The molecule has 1 amide bonds. The van der Waals surface area contributed by atoms with E-state index in [9.17, 15) is 22.8 Å². The second kappa shape index (κ2) is 12.3. The van der Waals surface area contributed by atoms with Crippen molar-refractivity contribution in [2.45, 2.75) is 32.6 Å². The van der Waals surface area contributed by atoms with Crippen LogP contribution in [0.2, 0.25) is 0 Å². The number of imidazole rings is 1. The van der Waals surface area contributed by atoms with Gasteiger partial charge in [-0.1, -0.05) is 42.5 Å². The number of hydrogen-bond acceptors (Lipinski definition) is 4. The number of aromatic nitrogens is 4. The zero-order valence-electron chi connectivity index (χ0n) is 25.0. The molecular weight excluding hydrogens is 583 g/mol. The average molecular weight is 614 g/mol. The SMILES string of the molecule is [C-]#[N+]c1ccc(-n2nccc2-c2c(C)n(-c3cccc(C(F)(F)F)c3)c(=O)n2C(=O)N[C@@H](C)c2ccc(CN(C)C)cc2)cc1. The van der Waals surface area contributed by atoms with Crippen molar-refractivity contribution in [2.75, 3.05) is 14.1 Å². The average Bonchev–Trinajstić information content (AvgIpc) is 3.58. The fourth-order valence-electron chi connectivity index (χ4n) is 5.19. The van der Waals surface area contributed by atoms with E-state index >= 15 is 0 Å². The van der Waals surface area contributed by atoms with Gasteiger partial charge < -0.3 is 10.2 Å². The summed E-state index contributed by atoms with van der Waals surface area (Å²) in [5, 5.41) is 7.26. The molecule has 0 fully saturated rings. The number of alkyl halides is 3. The lowest BCUT2D eigenvalue weighted by Crippen LogP contribution is -2.38. The molecule has 5 rings (SSSR count). The quantitative estimate of drug-likeness (QED) is 0.206. The summed E-state index contributed by atoms with van der Waals surface area (Å²) in [6.07, 6.45) is -3.15. The zero-order valence-corrected chi connectivity index (χ0v) is 25.0.